The fraction of sp³-hybridized carbons (Fsp3) is 0.158. The number of phenols is 1. The van der Waals surface area contributed by atoms with Crippen LogP contribution in [0.15, 0.2) is 46.4 Å². The van der Waals surface area contributed by atoms with E-state index in [1.54, 1.807) is 24.3 Å². The summed E-state index contributed by atoms with van der Waals surface area (Å²) in [6, 6.07) is 11.3. The van der Waals surface area contributed by atoms with Crippen LogP contribution in [0.3, 0.4) is 0 Å². The van der Waals surface area contributed by atoms with E-state index in [2.05, 4.69) is 21.2 Å². The van der Waals surface area contributed by atoms with Crippen LogP contribution < -0.4 is 14.8 Å². The first-order valence-electron chi connectivity index (χ1n) is 7.71. The lowest BCUT2D eigenvalue weighted by Crippen LogP contribution is -2.13. The van der Waals surface area contributed by atoms with Gasteiger partial charge in [-0.3, -0.25) is 4.79 Å². The summed E-state index contributed by atoms with van der Waals surface area (Å²) in [6.45, 7) is 2.30. The Kier molecular flexibility index (Phi) is 6.64. The van der Waals surface area contributed by atoms with Crippen molar-refractivity contribution in [3.63, 3.8) is 0 Å². The maximum Gasteiger partial charge on any atom is 0.266 e. The summed E-state index contributed by atoms with van der Waals surface area (Å²) in [7, 11) is 1.53. The Hall–Kier alpha value is -2.98. The first-order valence-corrected chi connectivity index (χ1v) is 8.50. The van der Waals surface area contributed by atoms with Crippen molar-refractivity contribution in [1.82, 2.24) is 0 Å². The number of amides is 1. The van der Waals surface area contributed by atoms with Gasteiger partial charge in [-0.05, 0) is 70.9 Å². The maximum atomic E-state index is 12.3. The van der Waals surface area contributed by atoms with Gasteiger partial charge in [-0.1, -0.05) is 0 Å². The van der Waals surface area contributed by atoms with Crippen LogP contribution in [0, 0.1) is 11.3 Å². The fourth-order valence-corrected chi connectivity index (χ4v) is 2.81. The molecule has 6 nitrogen and oxygen atoms in total. The standard InChI is InChI=1S/C19H17BrN2O4/c1-3-26-17-10-12(9-16(20)18(17)25-2)8-13(11-21)19(24)22-14-4-6-15(23)7-5-14/h4-10,23H,3H2,1-2H3,(H,22,24). The second-order valence-electron chi connectivity index (χ2n) is 5.14. The number of nitrogens with one attached hydrogen (secondary N) is 1. The molecular formula is C19H17BrN2O4. The van der Waals surface area contributed by atoms with Crippen LogP contribution in [0.25, 0.3) is 6.08 Å². The number of nitrogens with zero attached hydrogens (tertiary/aromatic N) is 1. The van der Waals surface area contributed by atoms with Gasteiger partial charge in [-0.2, -0.15) is 5.26 Å². The van der Waals surface area contributed by atoms with Crippen molar-refractivity contribution in [2.75, 3.05) is 19.0 Å². The third-order valence-corrected chi connectivity index (χ3v) is 3.93. The Morgan fingerprint density at radius 3 is 2.62 bits per heavy atom. The van der Waals surface area contributed by atoms with Gasteiger partial charge >= 0.3 is 0 Å². The normalized spacial score (nSPS) is 10.8. The average molecular weight is 417 g/mol. The number of phenolic OH excluding ortho intramolecular Hbond substituents is 1. The molecule has 0 spiro atoms. The van der Waals surface area contributed by atoms with Gasteiger partial charge in [0.1, 0.15) is 17.4 Å². The van der Waals surface area contributed by atoms with Crippen molar-refractivity contribution in [3.05, 3.63) is 52.0 Å². The Morgan fingerprint density at radius 1 is 1.35 bits per heavy atom. The van der Waals surface area contributed by atoms with Crippen LogP contribution in [0.2, 0.25) is 0 Å². The number of aromatic hydroxyl groups is 1. The third kappa shape index (κ3) is 4.77. The Bertz CT molecular complexity index is 870. The van der Waals surface area contributed by atoms with Gasteiger partial charge in [-0.15, -0.1) is 0 Å². The predicted octanol–water partition coefficient (Wildman–Crippen LogP) is 4.11. The van der Waals surface area contributed by atoms with Crippen LogP contribution in [0.5, 0.6) is 17.2 Å². The van der Waals surface area contributed by atoms with E-state index in [1.807, 2.05) is 13.0 Å². The predicted molar refractivity (Wildman–Crippen MR) is 102 cm³/mol. The van der Waals surface area contributed by atoms with Crippen molar-refractivity contribution in [1.29, 1.82) is 5.26 Å². The highest BCUT2D eigenvalue weighted by Crippen LogP contribution is 2.37. The average Bonchev–Trinajstić information content (AvgIpc) is 2.61. The second-order valence-corrected chi connectivity index (χ2v) is 5.99. The summed E-state index contributed by atoms with van der Waals surface area (Å²) < 4.78 is 11.5. The Morgan fingerprint density at radius 2 is 2.04 bits per heavy atom. The molecule has 0 aliphatic rings. The lowest BCUT2D eigenvalue weighted by Gasteiger charge is -2.12. The van der Waals surface area contributed by atoms with Crippen LogP contribution in [-0.4, -0.2) is 24.7 Å². The summed E-state index contributed by atoms with van der Waals surface area (Å²) in [5.41, 5.74) is 1.01. The van der Waals surface area contributed by atoms with E-state index in [1.165, 1.54) is 25.3 Å². The molecule has 2 aromatic rings. The molecule has 2 N–H and O–H groups in total. The number of anilines is 1. The van der Waals surface area contributed by atoms with E-state index in [9.17, 15) is 15.2 Å². The molecule has 0 atom stereocenters. The molecule has 134 valence electrons. The first-order chi connectivity index (χ1) is 12.5. The Labute approximate surface area is 159 Å². The van der Waals surface area contributed by atoms with E-state index >= 15 is 0 Å². The van der Waals surface area contributed by atoms with Gasteiger partial charge < -0.3 is 19.9 Å². The van der Waals surface area contributed by atoms with Crippen molar-refractivity contribution < 1.29 is 19.4 Å². The molecule has 26 heavy (non-hydrogen) atoms. The largest absolute Gasteiger partial charge is 0.508 e. The van der Waals surface area contributed by atoms with Gasteiger partial charge in [0, 0.05) is 5.69 Å². The summed E-state index contributed by atoms with van der Waals surface area (Å²) in [5, 5.41) is 21.2. The van der Waals surface area contributed by atoms with Crippen molar-refractivity contribution in [2.24, 2.45) is 0 Å². The van der Waals surface area contributed by atoms with Gasteiger partial charge in [0.2, 0.25) is 0 Å². The second kappa shape index (κ2) is 8.92. The molecule has 2 rings (SSSR count). The number of ether oxygens (including phenoxy) is 2. The SMILES string of the molecule is CCOc1cc(C=C(C#N)C(=O)Nc2ccc(O)cc2)cc(Br)c1OC. The number of methoxy groups -OCH3 is 1. The molecule has 0 saturated carbocycles. The molecule has 0 aliphatic heterocycles. The van der Waals surface area contributed by atoms with E-state index in [0.29, 0.717) is 33.8 Å². The summed E-state index contributed by atoms with van der Waals surface area (Å²) in [6.07, 6.45) is 1.46. The number of halogens is 1. The number of rotatable bonds is 6. The summed E-state index contributed by atoms with van der Waals surface area (Å²) >= 11 is 3.40. The molecule has 2 aromatic carbocycles. The zero-order valence-electron chi connectivity index (χ0n) is 14.2. The van der Waals surface area contributed by atoms with E-state index in [4.69, 9.17) is 9.47 Å². The number of carbonyl (C=O) groups excluding carboxylic acids is 1. The molecule has 0 saturated heterocycles. The minimum absolute atomic E-state index is 0.0717. The number of benzene rings is 2. The molecule has 0 aliphatic carbocycles. The molecule has 0 unspecified atom stereocenters. The molecule has 0 fully saturated rings. The zero-order valence-corrected chi connectivity index (χ0v) is 15.8. The molecule has 0 heterocycles. The molecule has 0 bridgehead atoms. The number of carbonyl (C=O) groups is 1. The summed E-state index contributed by atoms with van der Waals surface area (Å²) in [4.78, 5) is 12.3. The topological polar surface area (TPSA) is 91.6 Å². The first kappa shape index (κ1) is 19.3. The monoisotopic (exact) mass is 416 g/mol. The van der Waals surface area contributed by atoms with Crippen LogP contribution in [-0.2, 0) is 4.79 Å². The van der Waals surface area contributed by atoms with Gasteiger partial charge in [0.25, 0.3) is 5.91 Å². The lowest BCUT2D eigenvalue weighted by molar-refractivity contribution is -0.112. The Balaban J connectivity index is 2.31. The highest BCUT2D eigenvalue weighted by atomic mass is 79.9. The van der Waals surface area contributed by atoms with Crippen LogP contribution >= 0.6 is 15.9 Å². The van der Waals surface area contributed by atoms with Crippen molar-refractivity contribution in [2.45, 2.75) is 6.92 Å². The van der Waals surface area contributed by atoms with Gasteiger partial charge in [-0.25, -0.2) is 0 Å². The lowest BCUT2D eigenvalue weighted by atomic mass is 10.1. The van der Waals surface area contributed by atoms with Gasteiger partial charge in [0.15, 0.2) is 11.5 Å². The fourth-order valence-electron chi connectivity index (χ4n) is 2.19. The van der Waals surface area contributed by atoms with Crippen molar-refractivity contribution in [3.8, 4) is 23.3 Å². The molecule has 0 radical (unpaired) electrons. The molecule has 1 amide bonds. The zero-order chi connectivity index (χ0) is 19.1. The van der Waals surface area contributed by atoms with Crippen LogP contribution in [0.4, 0.5) is 5.69 Å². The van der Waals surface area contributed by atoms with E-state index in [0.717, 1.165) is 0 Å². The molecule has 7 heteroatoms. The smallest absolute Gasteiger partial charge is 0.266 e. The van der Waals surface area contributed by atoms with E-state index in [-0.39, 0.29) is 11.3 Å². The summed E-state index contributed by atoms with van der Waals surface area (Å²) in [5.74, 6) is 0.580. The number of hydrogen-bond acceptors (Lipinski definition) is 5. The maximum absolute atomic E-state index is 12.3. The molecule has 0 aromatic heterocycles. The highest BCUT2D eigenvalue weighted by Gasteiger charge is 2.13. The minimum atomic E-state index is -0.553. The third-order valence-electron chi connectivity index (χ3n) is 3.34. The van der Waals surface area contributed by atoms with Crippen LogP contribution in [0.1, 0.15) is 12.5 Å². The molecular weight excluding hydrogens is 400 g/mol. The number of hydrogen-bond donors (Lipinski definition) is 2. The van der Waals surface area contributed by atoms with E-state index < -0.39 is 5.91 Å². The number of nitriles is 1. The van der Waals surface area contributed by atoms with Gasteiger partial charge in [0.05, 0.1) is 18.2 Å². The quantitative estimate of drug-likeness (QED) is 0.419. The highest BCUT2D eigenvalue weighted by molar-refractivity contribution is 9.10. The van der Waals surface area contributed by atoms with Crippen molar-refractivity contribution >= 4 is 33.6 Å². The minimum Gasteiger partial charge on any atom is -0.508 e.